The lowest BCUT2D eigenvalue weighted by Crippen LogP contribution is -2.56. The van der Waals surface area contributed by atoms with Gasteiger partial charge in [-0.2, -0.15) is 0 Å². The highest BCUT2D eigenvalue weighted by molar-refractivity contribution is 5.81. The van der Waals surface area contributed by atoms with Gasteiger partial charge in [0.05, 0.1) is 6.42 Å². The van der Waals surface area contributed by atoms with Crippen molar-refractivity contribution < 1.29 is 24.5 Å². The molecule has 5 heteroatoms. The number of aliphatic hydroxyl groups is 1. The Morgan fingerprint density at radius 2 is 1.56 bits per heavy atom. The number of ether oxygens (including phenoxy) is 1. The SMILES string of the molecule is CCCCCCC(C)(C(C)(C)OC(=O)C(O)CC(=O)O)C(C)(C)C(C)CC. The molecule has 0 saturated heterocycles. The molecule has 0 aliphatic rings. The van der Waals surface area contributed by atoms with E-state index < -0.39 is 30.1 Å². The van der Waals surface area contributed by atoms with Gasteiger partial charge in [-0.05, 0) is 31.6 Å². The number of carbonyl (C=O) groups excluding carboxylic acids is 1. The molecule has 0 saturated carbocycles. The number of aliphatic carboxylic acids is 1. The highest BCUT2D eigenvalue weighted by atomic mass is 16.6. The lowest BCUT2D eigenvalue weighted by atomic mass is 9.52. The molecule has 0 radical (unpaired) electrons. The molecule has 0 fully saturated rings. The number of hydrogen-bond acceptors (Lipinski definition) is 4. The normalized spacial score (nSPS) is 17.1. The van der Waals surface area contributed by atoms with Crippen molar-refractivity contribution in [2.75, 3.05) is 0 Å². The van der Waals surface area contributed by atoms with Crippen molar-refractivity contribution in [3.63, 3.8) is 0 Å². The fraction of sp³-hybridized carbons (Fsp3) is 0.909. The van der Waals surface area contributed by atoms with Crippen LogP contribution in [-0.4, -0.2) is 33.9 Å². The van der Waals surface area contributed by atoms with Crippen LogP contribution in [0.3, 0.4) is 0 Å². The Morgan fingerprint density at radius 1 is 1.00 bits per heavy atom. The first kappa shape index (κ1) is 25.9. The van der Waals surface area contributed by atoms with Crippen LogP contribution in [0.1, 0.15) is 100 Å². The maximum Gasteiger partial charge on any atom is 0.336 e. The summed E-state index contributed by atoms with van der Waals surface area (Å²) in [5.41, 5.74) is -1.29. The summed E-state index contributed by atoms with van der Waals surface area (Å²) in [7, 11) is 0. The summed E-state index contributed by atoms with van der Waals surface area (Å²) in [5, 5.41) is 18.7. The maximum atomic E-state index is 12.3. The number of aliphatic hydroxyl groups excluding tert-OH is 1. The van der Waals surface area contributed by atoms with Crippen molar-refractivity contribution in [2.24, 2.45) is 16.7 Å². The average Bonchev–Trinajstić information content (AvgIpc) is 2.56. The number of carbonyl (C=O) groups is 2. The molecule has 3 unspecified atom stereocenters. The Morgan fingerprint density at radius 3 is 2.00 bits per heavy atom. The molecule has 0 aromatic carbocycles. The fourth-order valence-electron chi connectivity index (χ4n) is 4.04. The van der Waals surface area contributed by atoms with E-state index in [1.165, 1.54) is 6.42 Å². The second kappa shape index (κ2) is 10.4. The minimum atomic E-state index is -1.64. The van der Waals surface area contributed by atoms with Crippen molar-refractivity contribution in [2.45, 2.75) is 112 Å². The summed E-state index contributed by atoms with van der Waals surface area (Å²) in [6.45, 7) is 17.0. The van der Waals surface area contributed by atoms with E-state index in [1.807, 2.05) is 13.8 Å². The Bertz CT molecular complexity index is 483. The average molecular weight is 387 g/mol. The molecule has 0 aromatic heterocycles. The van der Waals surface area contributed by atoms with Crippen LogP contribution in [0.15, 0.2) is 0 Å². The Balaban J connectivity index is 5.67. The lowest BCUT2D eigenvalue weighted by molar-refractivity contribution is -0.199. The van der Waals surface area contributed by atoms with E-state index >= 15 is 0 Å². The molecule has 160 valence electrons. The molecule has 0 rings (SSSR count). The molecule has 5 nitrogen and oxygen atoms in total. The zero-order valence-electron chi connectivity index (χ0n) is 18.7. The largest absolute Gasteiger partial charge is 0.481 e. The number of hydrogen-bond donors (Lipinski definition) is 2. The monoisotopic (exact) mass is 386 g/mol. The van der Waals surface area contributed by atoms with Crippen LogP contribution in [-0.2, 0) is 14.3 Å². The predicted molar refractivity (Wildman–Crippen MR) is 109 cm³/mol. The third-order valence-corrected chi connectivity index (χ3v) is 7.12. The van der Waals surface area contributed by atoms with Crippen LogP contribution >= 0.6 is 0 Å². The van der Waals surface area contributed by atoms with Gasteiger partial charge in [0.15, 0.2) is 6.10 Å². The zero-order valence-corrected chi connectivity index (χ0v) is 18.7. The van der Waals surface area contributed by atoms with Crippen LogP contribution in [0.5, 0.6) is 0 Å². The molecule has 0 aliphatic carbocycles. The van der Waals surface area contributed by atoms with Crippen LogP contribution < -0.4 is 0 Å². The van der Waals surface area contributed by atoms with Crippen molar-refractivity contribution >= 4 is 11.9 Å². The molecule has 0 aliphatic heterocycles. The van der Waals surface area contributed by atoms with Gasteiger partial charge >= 0.3 is 11.9 Å². The first-order chi connectivity index (χ1) is 12.3. The van der Waals surface area contributed by atoms with Crippen LogP contribution in [0, 0.1) is 16.7 Å². The van der Waals surface area contributed by atoms with Crippen LogP contribution in [0.2, 0.25) is 0 Å². The van der Waals surface area contributed by atoms with E-state index in [9.17, 15) is 14.7 Å². The van der Waals surface area contributed by atoms with Gasteiger partial charge < -0.3 is 14.9 Å². The molecule has 27 heavy (non-hydrogen) atoms. The maximum absolute atomic E-state index is 12.3. The third kappa shape index (κ3) is 6.48. The minimum absolute atomic E-state index is 0.116. The number of unbranched alkanes of at least 4 members (excludes halogenated alkanes) is 3. The van der Waals surface area contributed by atoms with Gasteiger partial charge in [-0.15, -0.1) is 0 Å². The summed E-state index contributed by atoms with van der Waals surface area (Å²) < 4.78 is 5.75. The summed E-state index contributed by atoms with van der Waals surface area (Å²) in [6.07, 6.45) is 4.15. The smallest absolute Gasteiger partial charge is 0.336 e. The molecule has 0 heterocycles. The second-order valence-electron chi connectivity index (χ2n) is 9.22. The quantitative estimate of drug-likeness (QED) is 0.336. The topological polar surface area (TPSA) is 83.8 Å². The summed E-state index contributed by atoms with van der Waals surface area (Å²) in [5.74, 6) is -1.67. The number of esters is 1. The van der Waals surface area contributed by atoms with Gasteiger partial charge in [0.25, 0.3) is 0 Å². The molecule has 0 amide bonds. The van der Waals surface area contributed by atoms with Crippen molar-refractivity contribution in [3.05, 3.63) is 0 Å². The number of carboxylic acids is 1. The van der Waals surface area contributed by atoms with E-state index in [0.717, 1.165) is 32.1 Å². The van der Waals surface area contributed by atoms with Crippen molar-refractivity contribution in [1.82, 2.24) is 0 Å². The first-order valence-electron chi connectivity index (χ1n) is 10.4. The Labute approximate surface area is 165 Å². The molecule has 2 N–H and O–H groups in total. The number of rotatable bonds is 13. The van der Waals surface area contributed by atoms with Crippen molar-refractivity contribution in [1.29, 1.82) is 0 Å². The van der Waals surface area contributed by atoms with E-state index in [-0.39, 0.29) is 10.8 Å². The van der Waals surface area contributed by atoms with E-state index in [2.05, 4.69) is 41.5 Å². The van der Waals surface area contributed by atoms with Gasteiger partial charge in [0.2, 0.25) is 0 Å². The molecule has 0 bridgehead atoms. The van der Waals surface area contributed by atoms with Gasteiger partial charge in [-0.3, -0.25) is 4.79 Å². The molecular weight excluding hydrogens is 344 g/mol. The molecule has 0 spiro atoms. The third-order valence-electron chi connectivity index (χ3n) is 7.12. The predicted octanol–water partition coefficient (Wildman–Crippen LogP) is 5.19. The van der Waals surface area contributed by atoms with Crippen LogP contribution in [0.4, 0.5) is 0 Å². The standard InChI is InChI=1S/C22H42O5/c1-9-11-12-13-14-22(8,20(4,5)16(3)10-2)21(6,7)27-19(26)17(23)15-18(24)25/h16-17,23H,9-15H2,1-8H3,(H,24,25). The van der Waals surface area contributed by atoms with Gasteiger partial charge in [0, 0.05) is 5.41 Å². The highest BCUT2D eigenvalue weighted by Gasteiger charge is 2.55. The van der Waals surface area contributed by atoms with E-state index in [1.54, 1.807) is 0 Å². The first-order valence-corrected chi connectivity index (χ1v) is 10.4. The molecule has 0 aromatic rings. The van der Waals surface area contributed by atoms with Crippen molar-refractivity contribution in [3.8, 4) is 0 Å². The highest BCUT2D eigenvalue weighted by Crippen LogP contribution is 2.56. The summed E-state index contributed by atoms with van der Waals surface area (Å²) >= 11 is 0. The van der Waals surface area contributed by atoms with E-state index in [0.29, 0.717) is 5.92 Å². The lowest BCUT2D eigenvalue weighted by Gasteiger charge is -2.56. The van der Waals surface area contributed by atoms with Crippen LogP contribution in [0.25, 0.3) is 0 Å². The van der Waals surface area contributed by atoms with Gasteiger partial charge in [-0.25, -0.2) is 4.79 Å². The second-order valence-corrected chi connectivity index (χ2v) is 9.22. The summed E-state index contributed by atoms with van der Waals surface area (Å²) in [4.78, 5) is 23.1. The van der Waals surface area contributed by atoms with Gasteiger partial charge in [0.1, 0.15) is 5.60 Å². The fourth-order valence-corrected chi connectivity index (χ4v) is 4.04. The Kier molecular flexibility index (Phi) is 10.0. The minimum Gasteiger partial charge on any atom is -0.481 e. The zero-order chi connectivity index (χ0) is 21.5. The summed E-state index contributed by atoms with van der Waals surface area (Å²) in [6, 6.07) is 0. The molecular formula is C22H42O5. The molecule has 3 atom stereocenters. The van der Waals surface area contributed by atoms with E-state index in [4.69, 9.17) is 9.84 Å². The number of carboxylic acid groups (broad SMARTS) is 1. The van der Waals surface area contributed by atoms with Gasteiger partial charge in [-0.1, -0.05) is 73.6 Å². The Hall–Kier alpha value is -1.10.